The molecular weight excluding hydrogens is 296 g/mol. The summed E-state index contributed by atoms with van der Waals surface area (Å²) in [7, 11) is 0. The predicted octanol–water partition coefficient (Wildman–Crippen LogP) is 3.68. The first-order valence-corrected chi connectivity index (χ1v) is 6.98. The summed E-state index contributed by atoms with van der Waals surface area (Å²) in [5.74, 6) is 0.755. The van der Waals surface area contributed by atoms with Crippen LogP contribution in [0.1, 0.15) is 32.3 Å². The van der Waals surface area contributed by atoms with Crippen molar-refractivity contribution in [3.8, 4) is 0 Å². The van der Waals surface area contributed by atoms with E-state index in [1.807, 2.05) is 18.2 Å². The maximum Gasteiger partial charge on any atom is 0.106 e. The van der Waals surface area contributed by atoms with E-state index < -0.39 is 0 Å². The first-order valence-electron chi connectivity index (χ1n) is 5.77. The van der Waals surface area contributed by atoms with Crippen molar-refractivity contribution in [2.24, 2.45) is 11.7 Å². The van der Waals surface area contributed by atoms with Crippen molar-refractivity contribution < 1.29 is 0 Å². The molecule has 0 spiro atoms. The van der Waals surface area contributed by atoms with Gasteiger partial charge in [-0.05, 0) is 50.8 Å². The minimum absolute atomic E-state index is 0.105. The lowest BCUT2D eigenvalue weighted by molar-refractivity contribution is 0.494. The fourth-order valence-electron chi connectivity index (χ4n) is 2.08. The Morgan fingerprint density at radius 2 is 2.12 bits per heavy atom. The van der Waals surface area contributed by atoms with Gasteiger partial charge in [0.2, 0.25) is 0 Å². The third-order valence-corrected chi connectivity index (χ3v) is 4.02. The molecule has 3 N–H and O–H groups in total. The second-order valence-electron chi connectivity index (χ2n) is 5.18. The van der Waals surface area contributed by atoms with Crippen LogP contribution in [0, 0.1) is 5.92 Å². The van der Waals surface area contributed by atoms with Crippen LogP contribution in [0.5, 0.6) is 0 Å². The lowest BCUT2D eigenvalue weighted by atomic mass is 9.97. The van der Waals surface area contributed by atoms with Gasteiger partial charge in [-0.3, -0.25) is 0 Å². The molecule has 1 aromatic carbocycles. The van der Waals surface area contributed by atoms with Crippen molar-refractivity contribution in [3.63, 3.8) is 0 Å². The van der Waals surface area contributed by atoms with Crippen LogP contribution in [0.15, 0.2) is 22.7 Å². The Labute approximate surface area is 116 Å². The maximum absolute atomic E-state index is 5.76. The van der Waals surface area contributed by atoms with Gasteiger partial charge in [-0.15, -0.1) is 0 Å². The molecule has 1 saturated carbocycles. The summed E-state index contributed by atoms with van der Waals surface area (Å²) >= 11 is 8.54. The molecule has 2 nitrogen and oxygen atoms in total. The van der Waals surface area contributed by atoms with Crippen molar-refractivity contribution in [3.05, 3.63) is 28.2 Å². The van der Waals surface area contributed by atoms with Gasteiger partial charge in [0.25, 0.3) is 0 Å². The summed E-state index contributed by atoms with van der Waals surface area (Å²) in [5.41, 5.74) is 7.80. The number of nitrogens with two attached hydrogens (primary N) is 1. The Balaban J connectivity index is 2.28. The monoisotopic (exact) mass is 312 g/mol. The summed E-state index contributed by atoms with van der Waals surface area (Å²) in [6.07, 6.45) is 2.61. The van der Waals surface area contributed by atoms with Crippen molar-refractivity contribution in [2.45, 2.75) is 32.2 Å². The Morgan fingerprint density at radius 3 is 2.65 bits per heavy atom. The first-order chi connectivity index (χ1) is 7.90. The van der Waals surface area contributed by atoms with Crippen molar-refractivity contribution >= 4 is 38.8 Å². The molecule has 92 valence electrons. The van der Waals surface area contributed by atoms with Gasteiger partial charge in [-0.1, -0.05) is 28.1 Å². The normalized spacial score (nSPS) is 15.7. The highest BCUT2D eigenvalue weighted by Gasteiger charge is 2.37. The quantitative estimate of drug-likeness (QED) is 0.833. The standard InChI is InChI=1S/C13H17BrN2S/c1-13(2,8-3-4-8)16-11-6-5-9(14)7-10(11)12(15)17/h5-8,16H,3-4H2,1-2H3,(H2,15,17). The maximum atomic E-state index is 5.76. The molecule has 0 aromatic heterocycles. The van der Waals surface area contributed by atoms with Crippen LogP contribution in [-0.4, -0.2) is 10.5 Å². The zero-order valence-corrected chi connectivity index (χ0v) is 12.5. The van der Waals surface area contributed by atoms with Gasteiger partial charge in [0.05, 0.1) is 0 Å². The number of rotatable bonds is 4. The highest BCUT2D eigenvalue weighted by Crippen LogP contribution is 2.41. The number of thiocarbonyl (C=S) groups is 1. The van der Waals surface area contributed by atoms with E-state index in [4.69, 9.17) is 18.0 Å². The van der Waals surface area contributed by atoms with Gasteiger partial charge in [0, 0.05) is 21.3 Å². The van der Waals surface area contributed by atoms with Crippen LogP contribution < -0.4 is 11.1 Å². The molecule has 0 radical (unpaired) electrons. The molecule has 4 heteroatoms. The average Bonchev–Trinajstić information content (AvgIpc) is 3.03. The van der Waals surface area contributed by atoms with Crippen LogP contribution in [0.2, 0.25) is 0 Å². The van der Waals surface area contributed by atoms with Crippen LogP contribution in [-0.2, 0) is 0 Å². The summed E-state index contributed by atoms with van der Waals surface area (Å²) in [4.78, 5) is 0.431. The zero-order chi connectivity index (χ0) is 12.6. The molecule has 0 heterocycles. The van der Waals surface area contributed by atoms with Gasteiger partial charge < -0.3 is 11.1 Å². The van der Waals surface area contributed by atoms with E-state index in [1.165, 1.54) is 12.8 Å². The zero-order valence-electron chi connectivity index (χ0n) is 10.1. The summed E-state index contributed by atoms with van der Waals surface area (Å²) < 4.78 is 0.995. The lowest BCUT2D eigenvalue weighted by Gasteiger charge is -2.28. The molecule has 2 rings (SSSR count). The van der Waals surface area contributed by atoms with Gasteiger partial charge in [0.1, 0.15) is 4.99 Å². The Kier molecular flexibility index (Phi) is 3.46. The van der Waals surface area contributed by atoms with Gasteiger partial charge in [0.15, 0.2) is 0 Å². The Hall–Kier alpha value is -0.610. The second kappa shape index (κ2) is 4.58. The highest BCUT2D eigenvalue weighted by atomic mass is 79.9. The van der Waals surface area contributed by atoms with E-state index in [9.17, 15) is 0 Å². The molecule has 0 amide bonds. The smallest absolute Gasteiger partial charge is 0.106 e. The van der Waals surface area contributed by atoms with Crippen LogP contribution in [0.4, 0.5) is 5.69 Å². The SMILES string of the molecule is CC(C)(Nc1ccc(Br)cc1C(N)=S)C1CC1. The number of halogens is 1. The van der Waals surface area contributed by atoms with E-state index in [1.54, 1.807) is 0 Å². The number of nitrogens with one attached hydrogen (secondary N) is 1. The van der Waals surface area contributed by atoms with E-state index in [0.29, 0.717) is 4.99 Å². The second-order valence-corrected chi connectivity index (χ2v) is 6.53. The topological polar surface area (TPSA) is 38.0 Å². The van der Waals surface area contributed by atoms with Crippen molar-refractivity contribution in [1.29, 1.82) is 0 Å². The summed E-state index contributed by atoms with van der Waals surface area (Å²) in [5, 5.41) is 3.57. The molecule has 0 unspecified atom stereocenters. The molecule has 0 aliphatic heterocycles. The van der Waals surface area contributed by atoms with Gasteiger partial charge in [-0.25, -0.2) is 0 Å². The summed E-state index contributed by atoms with van der Waals surface area (Å²) in [6.45, 7) is 4.46. The Bertz CT molecular complexity index is 453. The van der Waals surface area contributed by atoms with Gasteiger partial charge >= 0.3 is 0 Å². The lowest BCUT2D eigenvalue weighted by Crippen LogP contribution is -2.34. The molecule has 0 bridgehead atoms. The third kappa shape index (κ3) is 2.99. The van der Waals surface area contributed by atoms with E-state index >= 15 is 0 Å². The van der Waals surface area contributed by atoms with Crippen molar-refractivity contribution in [2.75, 3.05) is 5.32 Å². The molecule has 1 aliphatic rings. The third-order valence-electron chi connectivity index (χ3n) is 3.30. The van der Waals surface area contributed by atoms with Crippen LogP contribution >= 0.6 is 28.1 Å². The first kappa shape index (κ1) is 12.8. The molecule has 1 fully saturated rings. The van der Waals surface area contributed by atoms with Crippen LogP contribution in [0.25, 0.3) is 0 Å². The molecule has 0 saturated heterocycles. The van der Waals surface area contributed by atoms with Crippen LogP contribution in [0.3, 0.4) is 0 Å². The van der Waals surface area contributed by atoms with E-state index in [0.717, 1.165) is 21.6 Å². The number of hydrogen-bond donors (Lipinski definition) is 2. The predicted molar refractivity (Wildman–Crippen MR) is 80.5 cm³/mol. The van der Waals surface area contributed by atoms with Gasteiger partial charge in [-0.2, -0.15) is 0 Å². The minimum Gasteiger partial charge on any atom is -0.389 e. The molecular formula is C13H17BrN2S. The fraction of sp³-hybridized carbons (Fsp3) is 0.462. The summed E-state index contributed by atoms with van der Waals surface area (Å²) in [6, 6.07) is 6.00. The molecule has 1 aromatic rings. The number of benzene rings is 1. The molecule has 17 heavy (non-hydrogen) atoms. The minimum atomic E-state index is 0.105. The highest BCUT2D eigenvalue weighted by molar-refractivity contribution is 9.10. The Morgan fingerprint density at radius 1 is 1.47 bits per heavy atom. The number of hydrogen-bond acceptors (Lipinski definition) is 2. The fourth-order valence-corrected chi connectivity index (χ4v) is 2.61. The molecule has 0 atom stereocenters. The van der Waals surface area contributed by atoms with Crippen molar-refractivity contribution in [1.82, 2.24) is 0 Å². The molecule has 1 aliphatic carbocycles. The van der Waals surface area contributed by atoms with E-state index in [-0.39, 0.29) is 5.54 Å². The largest absolute Gasteiger partial charge is 0.389 e. The number of anilines is 1. The van der Waals surface area contributed by atoms with E-state index in [2.05, 4.69) is 35.1 Å². The average molecular weight is 313 g/mol.